The Morgan fingerprint density at radius 3 is 2.57 bits per heavy atom. The molecule has 5 heteroatoms. The third-order valence-electron chi connectivity index (χ3n) is 3.58. The Kier molecular flexibility index (Phi) is 5.62. The zero-order chi connectivity index (χ0) is 15.4. The normalized spacial score (nSPS) is 25.6. The van der Waals surface area contributed by atoms with E-state index in [0.717, 1.165) is 12.8 Å². The second-order valence-electron chi connectivity index (χ2n) is 5.43. The van der Waals surface area contributed by atoms with Crippen molar-refractivity contribution in [2.24, 2.45) is 0 Å². The summed E-state index contributed by atoms with van der Waals surface area (Å²) in [6.07, 6.45) is 2.05. The lowest BCUT2D eigenvalue weighted by atomic mass is 10.0. The van der Waals surface area contributed by atoms with Crippen LogP contribution in [0.3, 0.4) is 0 Å². The molecule has 0 saturated carbocycles. The Bertz CT molecular complexity index is 493. The third-order valence-corrected chi connectivity index (χ3v) is 3.87. The number of ketones is 1. The van der Waals surface area contributed by atoms with Gasteiger partial charge in [0, 0.05) is 5.56 Å². The van der Waals surface area contributed by atoms with Crippen LogP contribution in [0.15, 0.2) is 18.2 Å². The highest BCUT2D eigenvalue weighted by molar-refractivity contribution is 6.32. The highest BCUT2D eigenvalue weighted by Gasteiger charge is 2.25. The van der Waals surface area contributed by atoms with Gasteiger partial charge in [0.05, 0.1) is 30.4 Å². The summed E-state index contributed by atoms with van der Waals surface area (Å²) in [7, 11) is 1.54. The molecule has 1 heterocycles. The monoisotopic (exact) mass is 312 g/mol. The lowest BCUT2D eigenvalue weighted by molar-refractivity contribution is -0.0975. The number of carbonyl (C=O) groups excluding carboxylic acids is 1. The summed E-state index contributed by atoms with van der Waals surface area (Å²) in [5, 5.41) is 0.427. The van der Waals surface area contributed by atoms with E-state index in [2.05, 4.69) is 0 Å². The van der Waals surface area contributed by atoms with Gasteiger partial charge >= 0.3 is 0 Å². The number of ether oxygens (including phenoxy) is 3. The summed E-state index contributed by atoms with van der Waals surface area (Å²) in [4.78, 5) is 12.1. The zero-order valence-electron chi connectivity index (χ0n) is 12.6. The van der Waals surface area contributed by atoms with Gasteiger partial charge in [0.2, 0.25) is 0 Å². The number of hydrogen-bond donors (Lipinski definition) is 0. The standard InChI is InChI=1S/C16H21ClO4/c1-10-6-13(7-11(2)21-10)20-9-15(18)12-4-5-16(19-3)14(17)8-12/h4-5,8,10-11,13H,6-7,9H2,1-3H3. The van der Waals surface area contributed by atoms with E-state index in [1.165, 1.54) is 0 Å². The number of Topliss-reactive ketones (excluding diaryl/α,β-unsaturated/α-hetero) is 1. The molecule has 1 saturated heterocycles. The largest absolute Gasteiger partial charge is 0.495 e. The minimum Gasteiger partial charge on any atom is -0.495 e. The molecule has 2 atom stereocenters. The summed E-state index contributed by atoms with van der Waals surface area (Å²) in [5.74, 6) is 0.479. The fraction of sp³-hybridized carbons (Fsp3) is 0.562. The van der Waals surface area contributed by atoms with Gasteiger partial charge in [0.1, 0.15) is 12.4 Å². The molecular formula is C16H21ClO4. The second-order valence-corrected chi connectivity index (χ2v) is 5.84. The van der Waals surface area contributed by atoms with E-state index < -0.39 is 0 Å². The maximum absolute atomic E-state index is 12.1. The van der Waals surface area contributed by atoms with Gasteiger partial charge in [-0.15, -0.1) is 0 Å². The summed E-state index contributed by atoms with van der Waals surface area (Å²) >= 11 is 6.03. The van der Waals surface area contributed by atoms with E-state index in [1.54, 1.807) is 25.3 Å². The molecule has 0 aliphatic carbocycles. The van der Waals surface area contributed by atoms with Crippen molar-refractivity contribution in [1.82, 2.24) is 0 Å². The van der Waals surface area contributed by atoms with Gasteiger partial charge in [0.25, 0.3) is 0 Å². The smallest absolute Gasteiger partial charge is 0.188 e. The van der Waals surface area contributed by atoms with Gasteiger partial charge in [-0.05, 0) is 44.9 Å². The lowest BCUT2D eigenvalue weighted by Crippen LogP contribution is -2.35. The highest BCUT2D eigenvalue weighted by Crippen LogP contribution is 2.26. The fourth-order valence-corrected chi connectivity index (χ4v) is 2.85. The molecule has 0 aromatic heterocycles. The van der Waals surface area contributed by atoms with E-state index in [9.17, 15) is 4.79 Å². The molecule has 0 amide bonds. The number of rotatable bonds is 5. The predicted molar refractivity (Wildman–Crippen MR) is 81.3 cm³/mol. The Morgan fingerprint density at radius 2 is 2.00 bits per heavy atom. The van der Waals surface area contributed by atoms with Crippen LogP contribution in [0.2, 0.25) is 5.02 Å². The fourth-order valence-electron chi connectivity index (χ4n) is 2.60. The maximum Gasteiger partial charge on any atom is 0.188 e. The predicted octanol–water partition coefficient (Wildman–Crippen LogP) is 3.50. The topological polar surface area (TPSA) is 44.8 Å². The van der Waals surface area contributed by atoms with Gasteiger partial charge < -0.3 is 14.2 Å². The van der Waals surface area contributed by atoms with Crippen molar-refractivity contribution >= 4 is 17.4 Å². The molecule has 1 aliphatic rings. The van der Waals surface area contributed by atoms with Crippen LogP contribution in [-0.2, 0) is 9.47 Å². The molecule has 116 valence electrons. The molecule has 4 nitrogen and oxygen atoms in total. The van der Waals surface area contributed by atoms with E-state index in [1.807, 2.05) is 13.8 Å². The van der Waals surface area contributed by atoms with Crippen molar-refractivity contribution in [3.05, 3.63) is 28.8 Å². The molecule has 0 spiro atoms. The number of carbonyl (C=O) groups is 1. The Balaban J connectivity index is 1.91. The van der Waals surface area contributed by atoms with Crippen LogP contribution in [0, 0.1) is 0 Å². The van der Waals surface area contributed by atoms with Crippen molar-refractivity contribution in [1.29, 1.82) is 0 Å². The SMILES string of the molecule is COc1ccc(C(=O)COC2CC(C)OC(C)C2)cc1Cl. The second kappa shape index (κ2) is 7.25. The van der Waals surface area contributed by atoms with Crippen LogP contribution >= 0.6 is 11.6 Å². The van der Waals surface area contributed by atoms with Crippen molar-refractivity contribution in [3.8, 4) is 5.75 Å². The molecule has 1 aliphatic heterocycles. The van der Waals surface area contributed by atoms with Crippen LogP contribution in [0.1, 0.15) is 37.0 Å². The number of methoxy groups -OCH3 is 1. The number of benzene rings is 1. The lowest BCUT2D eigenvalue weighted by Gasteiger charge is -2.31. The first-order valence-electron chi connectivity index (χ1n) is 7.13. The first kappa shape index (κ1) is 16.3. The minimum absolute atomic E-state index is 0.0623. The van der Waals surface area contributed by atoms with Crippen LogP contribution in [0.4, 0.5) is 0 Å². The molecule has 0 N–H and O–H groups in total. The van der Waals surface area contributed by atoms with Crippen LogP contribution in [0.25, 0.3) is 0 Å². The number of halogens is 1. The van der Waals surface area contributed by atoms with Crippen LogP contribution in [-0.4, -0.2) is 37.8 Å². The highest BCUT2D eigenvalue weighted by atomic mass is 35.5. The average Bonchev–Trinajstić information content (AvgIpc) is 2.43. The first-order chi connectivity index (χ1) is 9.99. The van der Waals surface area contributed by atoms with E-state index >= 15 is 0 Å². The summed E-state index contributed by atoms with van der Waals surface area (Å²) in [6, 6.07) is 5.00. The summed E-state index contributed by atoms with van der Waals surface area (Å²) in [5.41, 5.74) is 0.536. The van der Waals surface area contributed by atoms with Gasteiger partial charge in [-0.3, -0.25) is 4.79 Å². The molecule has 1 aromatic rings. The molecule has 0 bridgehead atoms. The molecule has 1 aromatic carbocycles. The molecular weight excluding hydrogens is 292 g/mol. The van der Waals surface area contributed by atoms with Crippen LogP contribution < -0.4 is 4.74 Å². The van der Waals surface area contributed by atoms with E-state index in [0.29, 0.717) is 16.3 Å². The van der Waals surface area contributed by atoms with Crippen LogP contribution in [0.5, 0.6) is 5.75 Å². The van der Waals surface area contributed by atoms with Crippen molar-refractivity contribution < 1.29 is 19.0 Å². The zero-order valence-corrected chi connectivity index (χ0v) is 13.4. The maximum atomic E-state index is 12.1. The quantitative estimate of drug-likeness (QED) is 0.781. The average molecular weight is 313 g/mol. The first-order valence-corrected chi connectivity index (χ1v) is 7.51. The molecule has 1 fully saturated rings. The van der Waals surface area contributed by atoms with Crippen molar-refractivity contribution in [3.63, 3.8) is 0 Å². The van der Waals surface area contributed by atoms with E-state index in [4.69, 9.17) is 25.8 Å². The Labute approximate surface area is 130 Å². The molecule has 0 radical (unpaired) electrons. The minimum atomic E-state index is -0.0775. The summed E-state index contributed by atoms with van der Waals surface area (Å²) in [6.45, 7) is 4.11. The summed E-state index contributed by atoms with van der Waals surface area (Å²) < 4.78 is 16.5. The Morgan fingerprint density at radius 1 is 1.33 bits per heavy atom. The molecule has 21 heavy (non-hydrogen) atoms. The van der Waals surface area contributed by atoms with Gasteiger partial charge in [-0.2, -0.15) is 0 Å². The number of hydrogen-bond acceptors (Lipinski definition) is 4. The van der Waals surface area contributed by atoms with Gasteiger partial charge in [0.15, 0.2) is 5.78 Å². The van der Waals surface area contributed by atoms with Crippen molar-refractivity contribution in [2.75, 3.05) is 13.7 Å². The third kappa shape index (κ3) is 4.43. The van der Waals surface area contributed by atoms with Gasteiger partial charge in [-0.1, -0.05) is 11.6 Å². The Hall–Kier alpha value is -1.10. The molecule has 2 rings (SSSR count). The van der Waals surface area contributed by atoms with Crippen molar-refractivity contribution in [2.45, 2.75) is 45.0 Å². The molecule has 2 unspecified atom stereocenters. The van der Waals surface area contributed by atoms with Gasteiger partial charge in [-0.25, -0.2) is 0 Å². The van der Waals surface area contributed by atoms with E-state index in [-0.39, 0.29) is 30.7 Å².